The average molecular weight is 1610 g/mol. The number of ether oxygens (including phenoxy) is 3. The molecule has 6 aromatic heterocycles. The Morgan fingerprint density at radius 1 is 0.424 bits per heavy atom. The van der Waals surface area contributed by atoms with E-state index in [2.05, 4.69) is 61.6 Å². The van der Waals surface area contributed by atoms with Gasteiger partial charge in [0.1, 0.15) is 29.0 Å². The number of hydrogen-bond acceptors (Lipinski definition) is 15. The molecule has 0 spiro atoms. The summed E-state index contributed by atoms with van der Waals surface area (Å²) in [6.07, 6.45) is 7.47. The molecule has 3 fully saturated rings. The molecule has 6 aromatic carbocycles. The number of amides is 6. The summed E-state index contributed by atoms with van der Waals surface area (Å²) in [6.45, 7) is 8.18. The second-order valence-corrected chi connectivity index (χ2v) is 29.6. The van der Waals surface area contributed by atoms with Crippen LogP contribution in [-0.4, -0.2) is 182 Å². The van der Waals surface area contributed by atoms with Crippen LogP contribution in [0.4, 0.5) is 62.6 Å². The van der Waals surface area contributed by atoms with Crippen LogP contribution in [-0.2, 0) is 14.2 Å². The van der Waals surface area contributed by atoms with Crippen LogP contribution >= 0.6 is 0 Å². The van der Waals surface area contributed by atoms with Crippen molar-refractivity contribution in [2.45, 2.75) is 68.7 Å². The van der Waals surface area contributed by atoms with Crippen molar-refractivity contribution in [2.75, 3.05) is 103 Å². The van der Waals surface area contributed by atoms with E-state index in [-0.39, 0.29) is 51.0 Å². The van der Waals surface area contributed by atoms with E-state index in [0.29, 0.717) is 116 Å². The molecule has 31 heteroatoms. The van der Waals surface area contributed by atoms with Crippen molar-refractivity contribution in [3.8, 4) is 51.0 Å². The van der Waals surface area contributed by atoms with Crippen molar-refractivity contribution < 1.29 is 59.3 Å². The largest absolute Gasteiger partial charge is 0.383 e. The number of urea groups is 3. The molecular weight excluding hydrogens is 1530 g/mol. The number of anilines is 3. The fourth-order valence-corrected chi connectivity index (χ4v) is 16.4. The molecule has 6 amide bonds. The Kier molecular flexibility index (Phi) is 24.3. The van der Waals surface area contributed by atoms with Gasteiger partial charge in [-0.1, -0.05) is 66.7 Å². The third kappa shape index (κ3) is 17.3. The van der Waals surface area contributed by atoms with Crippen molar-refractivity contribution in [1.82, 2.24) is 74.9 Å². The van der Waals surface area contributed by atoms with Gasteiger partial charge in [0, 0.05) is 138 Å². The Morgan fingerprint density at radius 2 is 0.873 bits per heavy atom. The molecule has 15 rings (SSSR count). The van der Waals surface area contributed by atoms with Gasteiger partial charge in [0.25, 0.3) is 0 Å². The molecule has 3 aliphatic rings. The molecule has 0 aliphatic carbocycles. The minimum Gasteiger partial charge on any atom is -0.383 e. The predicted molar refractivity (Wildman–Crippen MR) is 430 cm³/mol. The highest BCUT2D eigenvalue weighted by atomic mass is 19.2. The zero-order chi connectivity index (χ0) is 82.4. The van der Waals surface area contributed by atoms with Crippen molar-refractivity contribution in [1.29, 1.82) is 0 Å². The molecule has 8 atom stereocenters. The van der Waals surface area contributed by atoms with Crippen LogP contribution in [0.15, 0.2) is 201 Å². The first-order chi connectivity index (χ1) is 57.2. The highest BCUT2D eigenvalue weighted by Crippen LogP contribution is 2.41. The van der Waals surface area contributed by atoms with Crippen LogP contribution in [0.1, 0.15) is 74.3 Å². The Hall–Kier alpha value is -12.5. The molecule has 608 valence electrons. The van der Waals surface area contributed by atoms with Gasteiger partial charge in [-0.3, -0.25) is 45.6 Å². The number of halogens is 7. The number of nitrogens with zero attached hydrogens (tertiary/aromatic N) is 12. The topological polar surface area (TPSA) is 253 Å². The molecule has 118 heavy (non-hydrogen) atoms. The van der Waals surface area contributed by atoms with Crippen LogP contribution < -0.4 is 31.9 Å². The first-order valence-corrected chi connectivity index (χ1v) is 38.4. The SMILES string of the molecule is COCCN1CC(NC(=O)Nc2c(C)c(-c3ccncc3)nn2-c2cccc(C(COC)N3CC(NC(=O)Nc4c(C)c(-c5ccccn5)nn4-c4cccc(C(COC)N5CC(NC(=O)Nc6c(C)c(-c7cncc(F)c7)nn6-c6ccccc6)C(c6ccc(F)c(F)c6)C5)c4)C(c4ccc(F)c(F)c4)C3)c2)C(c2ccc(F)c(F)c2)C1. The maximum atomic E-state index is 15.6. The molecule has 0 saturated carbocycles. The van der Waals surface area contributed by atoms with E-state index in [1.165, 1.54) is 30.5 Å². The average Bonchev–Trinajstić information content (AvgIpc) is 1.63. The summed E-state index contributed by atoms with van der Waals surface area (Å²) in [5.74, 6) is -7.56. The summed E-state index contributed by atoms with van der Waals surface area (Å²) < 4.78 is 126. The maximum absolute atomic E-state index is 15.6. The van der Waals surface area contributed by atoms with E-state index in [4.69, 9.17) is 29.5 Å². The minimum atomic E-state index is -1.07. The summed E-state index contributed by atoms with van der Waals surface area (Å²) in [7, 11) is 4.71. The fourth-order valence-electron chi connectivity index (χ4n) is 16.4. The van der Waals surface area contributed by atoms with Gasteiger partial charge in [0.2, 0.25) is 0 Å². The lowest BCUT2D eigenvalue weighted by Crippen LogP contribution is -2.43. The normalized spacial score (nSPS) is 18.2. The Labute approximate surface area is 675 Å². The molecule has 0 bridgehead atoms. The number of rotatable bonds is 26. The Bertz CT molecular complexity index is 5630. The van der Waals surface area contributed by atoms with E-state index in [9.17, 15) is 31.5 Å². The van der Waals surface area contributed by atoms with E-state index in [1.54, 1.807) is 104 Å². The maximum Gasteiger partial charge on any atom is 0.320 e. The summed E-state index contributed by atoms with van der Waals surface area (Å²) >= 11 is 0. The van der Waals surface area contributed by atoms with Crippen molar-refractivity contribution in [3.63, 3.8) is 0 Å². The molecule has 3 aliphatic heterocycles. The lowest BCUT2D eigenvalue weighted by Gasteiger charge is -2.28. The van der Waals surface area contributed by atoms with Crippen LogP contribution in [0.3, 0.4) is 0 Å². The smallest absolute Gasteiger partial charge is 0.320 e. The zero-order valence-corrected chi connectivity index (χ0v) is 65.2. The second kappa shape index (κ2) is 35.5. The highest BCUT2D eigenvalue weighted by molar-refractivity contribution is 5.93. The number of methoxy groups -OCH3 is 3. The molecule has 12 aromatic rings. The summed E-state index contributed by atoms with van der Waals surface area (Å²) in [5.41, 5.74) is 9.07. The lowest BCUT2D eigenvalue weighted by molar-refractivity contribution is 0.103. The molecule has 6 N–H and O–H groups in total. The number of para-hydroxylation sites is 1. The van der Waals surface area contributed by atoms with E-state index in [1.807, 2.05) is 79.7 Å². The summed E-state index contributed by atoms with van der Waals surface area (Å²) in [4.78, 5) is 63.6. The van der Waals surface area contributed by atoms with Gasteiger partial charge in [-0.15, -0.1) is 0 Å². The van der Waals surface area contributed by atoms with Gasteiger partial charge < -0.3 is 30.2 Å². The summed E-state index contributed by atoms with van der Waals surface area (Å²) in [6, 6.07) is 40.5. The molecule has 24 nitrogen and oxygen atoms in total. The van der Waals surface area contributed by atoms with E-state index >= 15 is 13.6 Å². The van der Waals surface area contributed by atoms with Crippen molar-refractivity contribution >= 4 is 35.5 Å². The van der Waals surface area contributed by atoms with Crippen LogP contribution in [0.5, 0.6) is 0 Å². The molecule has 8 unspecified atom stereocenters. The second-order valence-electron chi connectivity index (χ2n) is 29.6. The molecule has 3 saturated heterocycles. The number of likely N-dealkylation sites (tertiary alicyclic amines) is 3. The Morgan fingerprint density at radius 3 is 1.34 bits per heavy atom. The lowest BCUT2D eigenvalue weighted by atomic mass is 9.94. The molecule has 0 radical (unpaired) electrons. The zero-order valence-electron chi connectivity index (χ0n) is 65.2. The third-order valence-corrected chi connectivity index (χ3v) is 22.2. The van der Waals surface area contributed by atoms with E-state index < -0.39 is 107 Å². The standard InChI is InChI=1S/C87H85F7N18O6/c1-50-79(53-27-30-95-31-28-53)104-111(83(50)102-85(113)98-74-45-107(32-33-116-4)42-64(74)54-21-24-67(89)70(92)37-54)62-18-12-14-57(35-62)77(48-117-5)108-44-66(56-23-26-69(91)72(94)39-56)76(47-108)100-87(115)103-84-52(3)81(73-20-10-11-29-97-73)106-112(84)63-19-13-15-58(36-63)78(49-118-6)109-43-65(55-22-25-68(90)71(93)38-55)75(46-109)99-86(114)101-82-51(2)80(59-34-60(88)41-96-40-59)105-110(82)61-16-8-7-9-17-61/h7-31,34-41,64-66,74-78H,32-33,42-49H2,1-6H3,(H2,98,102,113)(H2,99,101,114)(H2,100,103,115). The predicted octanol–water partition coefficient (Wildman–Crippen LogP) is 14.5. The number of hydrogen-bond donors (Lipinski definition) is 6. The molecule has 9 heterocycles. The van der Waals surface area contributed by atoms with Gasteiger partial charge >= 0.3 is 18.1 Å². The van der Waals surface area contributed by atoms with Gasteiger partial charge in [0.15, 0.2) is 34.9 Å². The van der Waals surface area contributed by atoms with Gasteiger partial charge in [-0.2, -0.15) is 15.3 Å². The number of pyridine rings is 3. The first kappa shape index (κ1) is 80.7. The van der Waals surface area contributed by atoms with Crippen molar-refractivity contribution in [2.24, 2.45) is 0 Å². The number of nitrogens with one attached hydrogen (secondary N) is 6. The number of benzene rings is 6. The number of carbonyl (C=O) groups excluding carboxylic acids is 3. The fraction of sp³-hybridized carbons (Fsp3) is 0.276. The quantitative estimate of drug-likeness (QED) is 0.0276. The summed E-state index contributed by atoms with van der Waals surface area (Å²) in [5, 5.41) is 33.8. The number of carbonyl (C=O) groups is 3. The van der Waals surface area contributed by atoms with Gasteiger partial charge in [-0.25, -0.2) is 59.2 Å². The third-order valence-electron chi connectivity index (χ3n) is 22.2. The highest BCUT2D eigenvalue weighted by Gasteiger charge is 2.43. The Balaban J connectivity index is 0.709. The van der Waals surface area contributed by atoms with Gasteiger partial charge in [-0.05, 0) is 152 Å². The van der Waals surface area contributed by atoms with Crippen LogP contribution in [0.25, 0.3) is 51.0 Å². The van der Waals surface area contributed by atoms with E-state index in [0.717, 1.165) is 53.7 Å². The first-order valence-electron chi connectivity index (χ1n) is 38.4. The van der Waals surface area contributed by atoms with Crippen LogP contribution in [0.2, 0.25) is 0 Å². The number of aromatic nitrogens is 9. The monoisotopic (exact) mass is 1610 g/mol. The molecular formula is C87H85F7N18O6. The van der Waals surface area contributed by atoms with Gasteiger partial charge in [0.05, 0.1) is 90.4 Å². The van der Waals surface area contributed by atoms with Crippen molar-refractivity contribution in [3.05, 3.63) is 286 Å². The van der Waals surface area contributed by atoms with Crippen LogP contribution in [0, 0.1) is 61.5 Å². The minimum absolute atomic E-state index is 0.112.